The maximum absolute atomic E-state index is 13.8. The zero-order chi connectivity index (χ0) is 24.3. The van der Waals surface area contributed by atoms with E-state index in [4.69, 9.17) is 4.52 Å². The van der Waals surface area contributed by atoms with Gasteiger partial charge < -0.3 is 14.2 Å². The number of aromatic nitrogens is 2. The van der Waals surface area contributed by atoms with Gasteiger partial charge in [-0.2, -0.15) is 4.98 Å². The fourth-order valence-corrected chi connectivity index (χ4v) is 4.90. The van der Waals surface area contributed by atoms with Crippen LogP contribution in [-0.4, -0.2) is 35.5 Å². The summed E-state index contributed by atoms with van der Waals surface area (Å²) in [7, 11) is 4.06. The van der Waals surface area contributed by atoms with Crippen LogP contribution in [0.4, 0.5) is 17.6 Å². The molecule has 1 fully saturated rings. The molecule has 1 heterocycles. The third kappa shape index (κ3) is 6.14. The van der Waals surface area contributed by atoms with Gasteiger partial charge in [0.1, 0.15) is 11.6 Å². The average Bonchev–Trinajstić information content (AvgIpc) is 3.23. The van der Waals surface area contributed by atoms with E-state index in [0.29, 0.717) is 35.5 Å². The van der Waals surface area contributed by atoms with E-state index in [9.17, 15) is 17.6 Å². The number of rotatable bonds is 7. The highest BCUT2D eigenvalue weighted by Gasteiger charge is 2.32. The summed E-state index contributed by atoms with van der Waals surface area (Å²) in [6, 6.07) is 12.4. The van der Waals surface area contributed by atoms with Crippen LogP contribution in [0.25, 0.3) is 11.4 Å². The summed E-state index contributed by atoms with van der Waals surface area (Å²) < 4.78 is 60.0. The molecule has 3 aromatic rings. The average molecular weight is 478 g/mol. The predicted octanol–water partition coefficient (Wildman–Crippen LogP) is 6.43. The van der Waals surface area contributed by atoms with Gasteiger partial charge >= 0.3 is 6.36 Å². The van der Waals surface area contributed by atoms with Crippen molar-refractivity contribution in [1.82, 2.24) is 15.0 Å². The van der Waals surface area contributed by atoms with E-state index in [1.165, 1.54) is 30.3 Å². The Kier molecular flexibility index (Phi) is 7.21. The predicted molar refractivity (Wildman–Crippen MR) is 118 cm³/mol. The second-order valence-electron chi connectivity index (χ2n) is 9.03. The molecule has 1 atom stereocenters. The van der Waals surface area contributed by atoms with Gasteiger partial charge in [0, 0.05) is 18.0 Å². The third-order valence-electron chi connectivity index (χ3n) is 6.36. The van der Waals surface area contributed by atoms with Crippen LogP contribution in [-0.2, 0) is 6.42 Å². The fraction of sp³-hybridized carbons (Fsp3) is 0.440. The minimum Gasteiger partial charge on any atom is -0.406 e. The molecule has 1 aromatic heterocycles. The molecular formula is C25H27F4N3O2. The highest BCUT2D eigenvalue weighted by Crippen LogP contribution is 2.40. The number of nitrogens with zero attached hydrogens (tertiary/aromatic N) is 3. The number of alkyl halides is 3. The lowest BCUT2D eigenvalue weighted by Gasteiger charge is -2.37. The van der Waals surface area contributed by atoms with Crippen molar-refractivity contribution in [3.8, 4) is 17.1 Å². The normalized spacial score (nSPS) is 19.9. The van der Waals surface area contributed by atoms with Gasteiger partial charge in [0.05, 0.1) is 0 Å². The highest BCUT2D eigenvalue weighted by atomic mass is 19.4. The number of halogens is 4. The molecule has 4 rings (SSSR count). The molecule has 1 aliphatic carbocycles. The minimum absolute atomic E-state index is 0.163. The molecule has 0 spiro atoms. The van der Waals surface area contributed by atoms with E-state index < -0.39 is 6.36 Å². The molecule has 182 valence electrons. The van der Waals surface area contributed by atoms with Gasteiger partial charge in [-0.3, -0.25) is 0 Å². The number of ether oxygens (including phenoxy) is 1. The van der Waals surface area contributed by atoms with Gasteiger partial charge in [-0.1, -0.05) is 17.3 Å². The van der Waals surface area contributed by atoms with Crippen LogP contribution in [0.3, 0.4) is 0 Å². The smallest absolute Gasteiger partial charge is 0.406 e. The van der Waals surface area contributed by atoms with E-state index in [0.717, 1.165) is 31.2 Å². The van der Waals surface area contributed by atoms with E-state index in [1.54, 1.807) is 12.1 Å². The largest absolute Gasteiger partial charge is 0.573 e. The first-order chi connectivity index (χ1) is 16.2. The molecule has 9 heteroatoms. The first-order valence-corrected chi connectivity index (χ1v) is 11.3. The van der Waals surface area contributed by atoms with Crippen molar-refractivity contribution < 1.29 is 26.8 Å². The lowest BCUT2D eigenvalue weighted by molar-refractivity contribution is -0.274. The maximum atomic E-state index is 13.8. The Bertz CT molecular complexity index is 1070. The Balaban J connectivity index is 1.34. The van der Waals surface area contributed by atoms with Crippen LogP contribution in [0.2, 0.25) is 0 Å². The van der Waals surface area contributed by atoms with Gasteiger partial charge in [0.25, 0.3) is 0 Å². The summed E-state index contributed by atoms with van der Waals surface area (Å²) in [5.41, 5.74) is 1.55. The molecule has 0 saturated heterocycles. The first kappa shape index (κ1) is 24.2. The Morgan fingerprint density at radius 2 is 1.76 bits per heavy atom. The Morgan fingerprint density at radius 3 is 2.38 bits per heavy atom. The van der Waals surface area contributed by atoms with Crippen molar-refractivity contribution in [2.24, 2.45) is 11.8 Å². The summed E-state index contributed by atoms with van der Waals surface area (Å²) in [6.07, 6.45) is -0.0281. The lowest BCUT2D eigenvalue weighted by atomic mass is 9.75. The van der Waals surface area contributed by atoms with Crippen LogP contribution in [0, 0.1) is 17.7 Å². The zero-order valence-electron chi connectivity index (χ0n) is 19.1. The fourth-order valence-electron chi connectivity index (χ4n) is 4.90. The molecule has 1 saturated carbocycles. The lowest BCUT2D eigenvalue weighted by Crippen LogP contribution is -2.30. The summed E-state index contributed by atoms with van der Waals surface area (Å²) >= 11 is 0. The molecule has 2 aromatic carbocycles. The van der Waals surface area contributed by atoms with Crippen molar-refractivity contribution in [2.75, 3.05) is 14.1 Å². The number of hydrogen-bond acceptors (Lipinski definition) is 5. The second-order valence-corrected chi connectivity index (χ2v) is 9.03. The maximum Gasteiger partial charge on any atom is 0.573 e. The molecule has 34 heavy (non-hydrogen) atoms. The van der Waals surface area contributed by atoms with Crippen LogP contribution in [0.15, 0.2) is 53.1 Å². The molecule has 1 unspecified atom stereocenters. The molecule has 5 nitrogen and oxygen atoms in total. The zero-order valence-corrected chi connectivity index (χ0v) is 19.1. The Morgan fingerprint density at radius 1 is 1.06 bits per heavy atom. The van der Waals surface area contributed by atoms with Gasteiger partial charge in [-0.15, -0.1) is 13.2 Å². The van der Waals surface area contributed by atoms with Crippen LogP contribution in [0.1, 0.15) is 43.2 Å². The standard InChI is InChI=1S/C25H27F4N3O2/c1-32(2)23(19-4-3-5-20(26)15-19)17-8-6-16(7-9-17)14-22-30-24(31-34-22)18-10-12-21(13-11-18)33-25(27,28)29/h3-5,10-13,15-17,23H,6-9,14H2,1-2H3. The highest BCUT2D eigenvalue weighted by molar-refractivity contribution is 5.55. The topological polar surface area (TPSA) is 51.4 Å². The van der Waals surface area contributed by atoms with Crippen LogP contribution in [0.5, 0.6) is 5.75 Å². The van der Waals surface area contributed by atoms with Gasteiger partial charge in [0.15, 0.2) is 0 Å². The number of benzene rings is 2. The van der Waals surface area contributed by atoms with E-state index in [2.05, 4.69) is 19.8 Å². The van der Waals surface area contributed by atoms with Gasteiger partial charge in [-0.25, -0.2) is 4.39 Å². The van der Waals surface area contributed by atoms with Crippen molar-refractivity contribution in [3.05, 3.63) is 65.8 Å². The Labute approximate surface area is 195 Å². The minimum atomic E-state index is -4.73. The van der Waals surface area contributed by atoms with Crippen LogP contribution < -0.4 is 4.74 Å². The molecule has 0 bridgehead atoms. The summed E-state index contributed by atoms with van der Waals surface area (Å²) in [5.74, 6) is 1.18. The molecule has 0 N–H and O–H groups in total. The van der Waals surface area contributed by atoms with Crippen molar-refractivity contribution >= 4 is 0 Å². The molecule has 1 aliphatic rings. The second kappa shape index (κ2) is 10.1. The SMILES string of the molecule is CN(C)C(c1cccc(F)c1)C1CCC(Cc2nc(-c3ccc(OC(F)(F)F)cc3)no2)CC1. The first-order valence-electron chi connectivity index (χ1n) is 11.3. The Hall–Kier alpha value is -2.94. The van der Waals surface area contributed by atoms with Crippen molar-refractivity contribution in [2.45, 2.75) is 44.5 Å². The van der Waals surface area contributed by atoms with E-state index >= 15 is 0 Å². The number of hydrogen-bond donors (Lipinski definition) is 0. The van der Waals surface area contributed by atoms with E-state index in [-0.39, 0.29) is 17.6 Å². The quantitative estimate of drug-likeness (QED) is 0.367. The molecular weight excluding hydrogens is 450 g/mol. The molecule has 0 radical (unpaired) electrons. The van der Waals surface area contributed by atoms with Gasteiger partial charge in [-0.05, 0) is 93.6 Å². The molecule has 0 amide bonds. The monoisotopic (exact) mass is 477 g/mol. The molecule has 0 aliphatic heterocycles. The van der Waals surface area contributed by atoms with Gasteiger partial charge in [0.2, 0.25) is 11.7 Å². The van der Waals surface area contributed by atoms with E-state index in [1.807, 2.05) is 20.2 Å². The summed E-state index contributed by atoms with van der Waals surface area (Å²) in [6.45, 7) is 0. The third-order valence-corrected chi connectivity index (χ3v) is 6.36. The summed E-state index contributed by atoms with van der Waals surface area (Å²) in [5, 5.41) is 3.98. The summed E-state index contributed by atoms with van der Waals surface area (Å²) in [4.78, 5) is 6.59. The van der Waals surface area contributed by atoms with Crippen LogP contribution >= 0.6 is 0 Å². The van der Waals surface area contributed by atoms with Crippen molar-refractivity contribution in [3.63, 3.8) is 0 Å². The van der Waals surface area contributed by atoms with Crippen molar-refractivity contribution in [1.29, 1.82) is 0 Å².